The summed E-state index contributed by atoms with van der Waals surface area (Å²) < 4.78 is 40.7. The van der Waals surface area contributed by atoms with E-state index in [4.69, 9.17) is 0 Å². The van der Waals surface area contributed by atoms with E-state index in [9.17, 15) is 28.4 Å². The van der Waals surface area contributed by atoms with E-state index < -0.39 is 28.9 Å². The highest BCUT2D eigenvalue weighted by Gasteiger charge is 2.51. The van der Waals surface area contributed by atoms with Gasteiger partial charge in [0, 0.05) is 49.6 Å². The van der Waals surface area contributed by atoms with Crippen LogP contribution in [0.2, 0.25) is 0 Å². The van der Waals surface area contributed by atoms with E-state index in [2.05, 4.69) is 5.32 Å². The third kappa shape index (κ3) is 3.39. The second-order valence-electron chi connectivity index (χ2n) is 6.89. The smallest absolute Gasteiger partial charge is 0.486 e. The lowest BCUT2D eigenvalue weighted by atomic mass is 10.1. The lowest BCUT2D eigenvalue weighted by Crippen LogP contribution is -2.50. The molecule has 0 radical (unpaired) electrons. The third-order valence-electron chi connectivity index (χ3n) is 5.03. The molecule has 0 unspecified atom stereocenters. The fourth-order valence-electron chi connectivity index (χ4n) is 3.57. The number of rotatable bonds is 3. The summed E-state index contributed by atoms with van der Waals surface area (Å²) in [6.45, 7) is 2.69. The predicted octanol–water partition coefficient (Wildman–Crippen LogP) is 1.77. The molecule has 0 bridgehead atoms. The van der Waals surface area contributed by atoms with Crippen LogP contribution < -0.4 is 19.7 Å². The van der Waals surface area contributed by atoms with E-state index in [0.29, 0.717) is 31.9 Å². The van der Waals surface area contributed by atoms with E-state index >= 15 is 0 Å². The zero-order chi connectivity index (χ0) is 21.5. The third-order valence-corrected chi connectivity index (χ3v) is 5.03. The van der Waals surface area contributed by atoms with Gasteiger partial charge in [-0.2, -0.15) is 17.9 Å². The van der Waals surface area contributed by atoms with Crippen molar-refractivity contribution in [3.05, 3.63) is 75.9 Å². The van der Waals surface area contributed by atoms with Crippen LogP contribution in [0.15, 0.2) is 48.5 Å². The van der Waals surface area contributed by atoms with Gasteiger partial charge in [0.2, 0.25) is 0 Å². The van der Waals surface area contributed by atoms with Crippen molar-refractivity contribution in [2.45, 2.75) is 6.18 Å². The van der Waals surface area contributed by atoms with E-state index in [0.717, 1.165) is 0 Å². The normalized spacial score (nSPS) is 14.8. The molecule has 156 valence electrons. The number of halogens is 3. The summed E-state index contributed by atoms with van der Waals surface area (Å²) in [5.41, 5.74) is -3.35. The van der Waals surface area contributed by atoms with Crippen LogP contribution in [-0.4, -0.2) is 32.0 Å². The summed E-state index contributed by atoms with van der Waals surface area (Å²) in [5.74, 6) is -1.17. The minimum atomic E-state index is -5.20. The molecule has 0 atom stereocenters. The standard InChI is InChI=1S/C20H17F3N4O3/c21-20(22,23)19-17(18(28)13-4-2-1-3-5-13)26(29)16-12-14(6-7-15(16)27(19)30)25-10-8-24-9-11-25/h1-7,12,24H,8-11H2. The van der Waals surface area contributed by atoms with Crippen LogP contribution in [0.3, 0.4) is 0 Å². The summed E-state index contributed by atoms with van der Waals surface area (Å²) in [7, 11) is 0. The molecule has 10 heteroatoms. The van der Waals surface area contributed by atoms with Crippen molar-refractivity contribution in [1.82, 2.24) is 5.32 Å². The number of piperazine rings is 1. The van der Waals surface area contributed by atoms with Crippen molar-refractivity contribution in [3.8, 4) is 0 Å². The van der Waals surface area contributed by atoms with E-state index in [1.54, 1.807) is 6.07 Å². The molecule has 4 rings (SSSR count). The molecule has 1 N–H and O–H groups in total. The Kier molecular flexibility index (Phi) is 4.94. The number of hydrogen-bond donors (Lipinski definition) is 1. The van der Waals surface area contributed by atoms with Crippen molar-refractivity contribution in [2.24, 2.45) is 0 Å². The lowest BCUT2D eigenvalue weighted by molar-refractivity contribution is -0.647. The summed E-state index contributed by atoms with van der Waals surface area (Å²) in [6.07, 6.45) is -5.20. The van der Waals surface area contributed by atoms with Gasteiger partial charge in [-0.1, -0.05) is 30.3 Å². The Hall–Kier alpha value is -3.40. The molecule has 1 aliphatic heterocycles. The first-order chi connectivity index (χ1) is 14.3. The molecule has 1 saturated heterocycles. The second kappa shape index (κ2) is 7.45. The van der Waals surface area contributed by atoms with Gasteiger partial charge in [0.1, 0.15) is 0 Å². The molecule has 0 saturated carbocycles. The summed E-state index contributed by atoms with van der Waals surface area (Å²) in [5, 5.41) is 28.8. The van der Waals surface area contributed by atoms with Gasteiger partial charge in [0.25, 0.3) is 16.8 Å². The quantitative estimate of drug-likeness (QED) is 0.398. The van der Waals surface area contributed by atoms with Gasteiger partial charge in [-0.3, -0.25) is 4.79 Å². The van der Waals surface area contributed by atoms with Crippen molar-refractivity contribution < 1.29 is 27.4 Å². The van der Waals surface area contributed by atoms with Gasteiger partial charge in [0.15, 0.2) is 0 Å². The second-order valence-corrected chi connectivity index (χ2v) is 6.89. The maximum Gasteiger partial charge on any atom is 0.486 e. The fraction of sp³-hybridized carbons (Fsp3) is 0.250. The number of carbonyl (C=O) groups excluding carboxylic acids is 1. The molecule has 1 fully saturated rings. The van der Waals surface area contributed by atoms with Gasteiger partial charge in [-0.15, -0.1) is 4.73 Å². The maximum atomic E-state index is 13.7. The number of alkyl halides is 3. The van der Waals surface area contributed by atoms with Crippen molar-refractivity contribution >= 4 is 22.5 Å². The first-order valence-corrected chi connectivity index (χ1v) is 9.24. The van der Waals surface area contributed by atoms with E-state index in [1.165, 1.54) is 42.5 Å². The lowest BCUT2D eigenvalue weighted by Gasteiger charge is -2.29. The van der Waals surface area contributed by atoms with Gasteiger partial charge in [0.05, 0.1) is 0 Å². The molecule has 1 aliphatic rings. The molecule has 2 heterocycles. The Morgan fingerprint density at radius 2 is 1.63 bits per heavy atom. The van der Waals surface area contributed by atoms with Crippen molar-refractivity contribution in [1.29, 1.82) is 0 Å². The van der Waals surface area contributed by atoms with Gasteiger partial charge in [-0.05, 0) is 6.07 Å². The SMILES string of the molecule is O=C(c1ccccc1)c1c(C(F)(F)F)[n+]([O-])c2ccc(N3CCNCC3)cc2[n+]1[O-]. The average Bonchev–Trinajstić information content (AvgIpc) is 2.75. The number of fused-ring (bicyclic) bond motifs is 1. The Morgan fingerprint density at radius 3 is 2.27 bits per heavy atom. The summed E-state index contributed by atoms with van der Waals surface area (Å²) >= 11 is 0. The Bertz CT molecular complexity index is 1110. The summed E-state index contributed by atoms with van der Waals surface area (Å²) in [6, 6.07) is 11.1. The monoisotopic (exact) mass is 418 g/mol. The zero-order valence-corrected chi connectivity index (χ0v) is 15.6. The molecule has 0 amide bonds. The molecule has 1 aromatic heterocycles. The summed E-state index contributed by atoms with van der Waals surface area (Å²) in [4.78, 5) is 14.8. The molecular weight excluding hydrogens is 401 g/mol. The molecule has 0 aliphatic carbocycles. The van der Waals surface area contributed by atoms with Crippen LogP contribution in [0.4, 0.5) is 18.9 Å². The highest BCUT2D eigenvalue weighted by atomic mass is 19.4. The largest absolute Gasteiger partial charge is 0.618 e. The van der Waals surface area contributed by atoms with Crippen LogP contribution >= 0.6 is 0 Å². The molecule has 30 heavy (non-hydrogen) atoms. The molecule has 2 aromatic carbocycles. The Labute approximate surface area is 169 Å². The van der Waals surface area contributed by atoms with Gasteiger partial charge < -0.3 is 20.6 Å². The number of nitrogens with one attached hydrogen (secondary N) is 1. The number of carbonyl (C=O) groups is 1. The highest BCUT2D eigenvalue weighted by Crippen LogP contribution is 2.31. The van der Waals surface area contributed by atoms with E-state index in [1.807, 2.05) is 4.90 Å². The molecular formula is C20H17F3N4O3. The van der Waals surface area contributed by atoms with Crippen molar-refractivity contribution in [3.63, 3.8) is 0 Å². The molecule has 0 spiro atoms. The number of anilines is 1. The van der Waals surface area contributed by atoms with Crippen LogP contribution in [0.25, 0.3) is 11.0 Å². The maximum absolute atomic E-state index is 13.7. The molecule has 3 aromatic rings. The number of ketones is 1. The Balaban J connectivity index is 1.97. The average molecular weight is 418 g/mol. The molecule has 7 nitrogen and oxygen atoms in total. The number of benzene rings is 2. The number of hydrogen-bond acceptors (Lipinski definition) is 5. The Morgan fingerprint density at radius 1 is 0.967 bits per heavy atom. The number of nitrogens with zero attached hydrogens (tertiary/aromatic N) is 3. The van der Waals surface area contributed by atoms with Crippen molar-refractivity contribution in [2.75, 3.05) is 31.1 Å². The predicted molar refractivity (Wildman–Crippen MR) is 102 cm³/mol. The van der Waals surface area contributed by atoms with Crippen LogP contribution in [-0.2, 0) is 6.18 Å². The minimum absolute atomic E-state index is 0.0758. The van der Waals surface area contributed by atoms with E-state index in [-0.39, 0.29) is 20.5 Å². The topological polar surface area (TPSA) is 86.2 Å². The van der Waals surface area contributed by atoms with Gasteiger partial charge >= 0.3 is 17.6 Å². The first kappa shape index (κ1) is 19.9. The first-order valence-electron chi connectivity index (χ1n) is 9.24. The highest BCUT2D eigenvalue weighted by molar-refractivity contribution is 6.07. The van der Waals surface area contributed by atoms with Crippen LogP contribution in [0, 0.1) is 10.4 Å². The van der Waals surface area contributed by atoms with Crippen LogP contribution in [0.1, 0.15) is 21.7 Å². The van der Waals surface area contributed by atoms with Gasteiger partial charge in [-0.25, -0.2) is 0 Å². The number of aromatic nitrogens is 2. The van der Waals surface area contributed by atoms with Crippen LogP contribution in [0.5, 0.6) is 0 Å². The fourth-order valence-corrected chi connectivity index (χ4v) is 3.57. The zero-order valence-electron chi connectivity index (χ0n) is 15.6. The minimum Gasteiger partial charge on any atom is -0.618 e.